The van der Waals surface area contributed by atoms with Gasteiger partial charge >= 0.3 is 0 Å². The standard InChI is InChI=1S/C19H20Br2N2O2/c1-19(2,3)12-6-4-11(5-7-12)14-9-15(14)18(24)23-22-10-13-8-16(20)17(21)25-13/h4-8,10,14-15H,9H2,1-3H3,(H,23,24)/t14-,15+/m0/s1. The van der Waals surface area contributed by atoms with E-state index in [1.54, 1.807) is 6.07 Å². The lowest BCUT2D eigenvalue weighted by molar-refractivity contribution is -0.122. The Balaban J connectivity index is 1.55. The number of halogens is 2. The molecule has 4 nitrogen and oxygen atoms in total. The van der Waals surface area contributed by atoms with Gasteiger partial charge in [0.2, 0.25) is 5.91 Å². The lowest BCUT2D eigenvalue weighted by atomic mass is 9.86. The van der Waals surface area contributed by atoms with Crippen molar-refractivity contribution in [2.45, 2.75) is 38.5 Å². The molecule has 25 heavy (non-hydrogen) atoms. The predicted octanol–water partition coefficient (Wildman–Crippen LogP) is 5.36. The van der Waals surface area contributed by atoms with Crippen LogP contribution in [-0.2, 0) is 10.2 Å². The second kappa shape index (κ2) is 7.08. The molecule has 0 spiro atoms. The maximum atomic E-state index is 12.2. The zero-order valence-corrected chi connectivity index (χ0v) is 17.5. The Morgan fingerprint density at radius 2 is 1.96 bits per heavy atom. The molecule has 3 rings (SSSR count). The Hall–Kier alpha value is -1.40. The molecule has 1 aromatic heterocycles. The average molecular weight is 468 g/mol. The van der Waals surface area contributed by atoms with Crippen molar-refractivity contribution >= 4 is 44.0 Å². The van der Waals surface area contributed by atoms with Crippen LogP contribution in [-0.4, -0.2) is 12.1 Å². The summed E-state index contributed by atoms with van der Waals surface area (Å²) in [6.07, 6.45) is 2.36. The molecule has 1 aliphatic carbocycles. The van der Waals surface area contributed by atoms with Crippen LogP contribution < -0.4 is 5.43 Å². The minimum absolute atomic E-state index is 0.00675. The summed E-state index contributed by atoms with van der Waals surface area (Å²) in [5.41, 5.74) is 5.26. The Morgan fingerprint density at radius 1 is 1.28 bits per heavy atom. The van der Waals surface area contributed by atoms with Crippen molar-refractivity contribution in [1.82, 2.24) is 5.43 Å². The van der Waals surface area contributed by atoms with Gasteiger partial charge in [0.1, 0.15) is 5.76 Å². The van der Waals surface area contributed by atoms with E-state index >= 15 is 0 Å². The molecule has 0 radical (unpaired) electrons. The fourth-order valence-corrected chi connectivity index (χ4v) is 3.36. The lowest BCUT2D eigenvalue weighted by Crippen LogP contribution is -2.20. The highest BCUT2D eigenvalue weighted by atomic mass is 79.9. The van der Waals surface area contributed by atoms with E-state index in [4.69, 9.17) is 4.42 Å². The molecule has 2 aromatic rings. The summed E-state index contributed by atoms with van der Waals surface area (Å²) in [6, 6.07) is 10.4. The molecule has 1 aromatic carbocycles. The lowest BCUT2D eigenvalue weighted by Gasteiger charge is -2.19. The number of carbonyl (C=O) groups is 1. The van der Waals surface area contributed by atoms with E-state index in [0.29, 0.717) is 10.4 Å². The molecule has 2 atom stereocenters. The fraction of sp³-hybridized carbons (Fsp3) is 0.368. The third-order valence-corrected chi connectivity index (χ3v) is 6.07. The second-order valence-electron chi connectivity index (χ2n) is 7.33. The predicted molar refractivity (Wildman–Crippen MR) is 106 cm³/mol. The molecule has 132 valence electrons. The van der Waals surface area contributed by atoms with Crippen molar-refractivity contribution in [3.8, 4) is 0 Å². The molecule has 0 aliphatic heterocycles. The Bertz CT molecular complexity index is 784. The van der Waals surface area contributed by atoms with Gasteiger partial charge in [-0.15, -0.1) is 0 Å². The highest BCUT2D eigenvalue weighted by Gasteiger charge is 2.44. The molecule has 0 bridgehead atoms. The Morgan fingerprint density at radius 3 is 2.52 bits per heavy atom. The molecule has 1 N–H and O–H groups in total. The maximum Gasteiger partial charge on any atom is 0.243 e. The number of rotatable bonds is 4. The quantitative estimate of drug-likeness (QED) is 0.486. The first-order valence-corrected chi connectivity index (χ1v) is 9.72. The molecule has 1 amide bonds. The van der Waals surface area contributed by atoms with Gasteiger partial charge in [0.15, 0.2) is 4.67 Å². The molecule has 1 heterocycles. The van der Waals surface area contributed by atoms with E-state index in [1.807, 2.05) is 0 Å². The smallest absolute Gasteiger partial charge is 0.243 e. The van der Waals surface area contributed by atoms with Crippen molar-refractivity contribution in [2.75, 3.05) is 0 Å². The number of hydrazone groups is 1. The van der Waals surface area contributed by atoms with Gasteiger partial charge in [-0.2, -0.15) is 5.10 Å². The number of amides is 1. The number of benzene rings is 1. The summed E-state index contributed by atoms with van der Waals surface area (Å²) in [5, 5.41) is 3.97. The van der Waals surface area contributed by atoms with Gasteiger partial charge in [0.25, 0.3) is 0 Å². The molecular weight excluding hydrogens is 448 g/mol. The number of hydrogen-bond acceptors (Lipinski definition) is 3. The summed E-state index contributed by atoms with van der Waals surface area (Å²) >= 11 is 6.59. The molecule has 1 fully saturated rings. The molecule has 6 heteroatoms. The van der Waals surface area contributed by atoms with E-state index in [0.717, 1.165) is 10.9 Å². The zero-order chi connectivity index (χ0) is 18.2. The number of nitrogens with zero attached hydrogens (tertiary/aromatic N) is 1. The number of furan rings is 1. The van der Waals surface area contributed by atoms with Crippen LogP contribution in [0.4, 0.5) is 0 Å². The SMILES string of the molecule is CC(C)(C)c1ccc([C@@H]2C[C@H]2C(=O)NN=Cc2cc(Br)c(Br)o2)cc1. The van der Waals surface area contributed by atoms with Crippen LogP contribution in [0.25, 0.3) is 0 Å². The first-order valence-electron chi connectivity index (χ1n) is 8.14. The largest absolute Gasteiger partial charge is 0.447 e. The van der Waals surface area contributed by atoms with Crippen molar-refractivity contribution in [3.05, 3.63) is 56.4 Å². The van der Waals surface area contributed by atoms with Crippen molar-refractivity contribution in [1.29, 1.82) is 0 Å². The molecule has 0 saturated heterocycles. The summed E-state index contributed by atoms with van der Waals surface area (Å²) in [6.45, 7) is 6.59. The van der Waals surface area contributed by atoms with E-state index in [1.165, 1.54) is 17.3 Å². The Labute approximate surface area is 164 Å². The van der Waals surface area contributed by atoms with E-state index in [-0.39, 0.29) is 23.2 Å². The van der Waals surface area contributed by atoms with Crippen molar-refractivity contribution < 1.29 is 9.21 Å². The van der Waals surface area contributed by atoms with Crippen LogP contribution in [0.2, 0.25) is 0 Å². The first kappa shape index (κ1) is 18.4. The minimum atomic E-state index is -0.0502. The third-order valence-electron chi connectivity index (χ3n) is 4.36. The first-order chi connectivity index (χ1) is 11.8. The summed E-state index contributed by atoms with van der Waals surface area (Å²) in [4.78, 5) is 12.2. The highest BCUT2D eigenvalue weighted by Crippen LogP contribution is 2.47. The van der Waals surface area contributed by atoms with E-state index < -0.39 is 0 Å². The molecule has 1 aliphatic rings. The minimum Gasteiger partial charge on any atom is -0.447 e. The van der Waals surface area contributed by atoms with Crippen LogP contribution in [0.5, 0.6) is 0 Å². The van der Waals surface area contributed by atoms with Crippen LogP contribution in [0.15, 0.2) is 49.0 Å². The number of hydrogen-bond donors (Lipinski definition) is 1. The van der Waals surface area contributed by atoms with Crippen LogP contribution in [0, 0.1) is 5.92 Å². The molecule has 0 unspecified atom stereocenters. The van der Waals surface area contributed by atoms with Gasteiger partial charge < -0.3 is 4.42 Å². The zero-order valence-electron chi connectivity index (χ0n) is 14.3. The number of carbonyl (C=O) groups excluding carboxylic acids is 1. The van der Waals surface area contributed by atoms with E-state index in [2.05, 4.69) is 87.4 Å². The van der Waals surface area contributed by atoms with E-state index in [9.17, 15) is 4.79 Å². The van der Waals surface area contributed by atoms with Crippen molar-refractivity contribution in [3.63, 3.8) is 0 Å². The summed E-state index contributed by atoms with van der Waals surface area (Å²) in [5.74, 6) is 0.791. The summed E-state index contributed by atoms with van der Waals surface area (Å²) < 4.78 is 6.78. The van der Waals surface area contributed by atoms with Crippen molar-refractivity contribution in [2.24, 2.45) is 11.0 Å². The monoisotopic (exact) mass is 466 g/mol. The summed E-state index contributed by atoms with van der Waals surface area (Å²) in [7, 11) is 0. The van der Waals surface area contributed by atoms with Gasteiger partial charge in [0.05, 0.1) is 10.7 Å². The fourth-order valence-electron chi connectivity index (χ4n) is 2.75. The highest BCUT2D eigenvalue weighted by molar-refractivity contribution is 9.13. The average Bonchev–Trinajstić information content (AvgIpc) is 3.28. The Kier molecular flexibility index (Phi) is 5.21. The normalized spacial score (nSPS) is 20.0. The second-order valence-corrected chi connectivity index (χ2v) is 8.90. The molecule has 1 saturated carbocycles. The van der Waals surface area contributed by atoms with Gasteiger partial charge in [-0.3, -0.25) is 4.79 Å². The van der Waals surface area contributed by atoms with Crippen LogP contribution in [0.1, 0.15) is 50.0 Å². The van der Waals surface area contributed by atoms with Gasteiger partial charge in [-0.05, 0) is 60.7 Å². The van der Waals surface area contributed by atoms with Crippen LogP contribution >= 0.6 is 31.9 Å². The maximum absolute atomic E-state index is 12.2. The third kappa shape index (κ3) is 4.42. The van der Waals surface area contributed by atoms with Gasteiger partial charge in [0, 0.05) is 12.0 Å². The molecular formula is C19H20Br2N2O2. The van der Waals surface area contributed by atoms with Gasteiger partial charge in [-0.25, -0.2) is 5.43 Å². The van der Waals surface area contributed by atoms with Crippen LogP contribution in [0.3, 0.4) is 0 Å². The number of nitrogens with one attached hydrogen (secondary N) is 1. The topological polar surface area (TPSA) is 54.6 Å². The van der Waals surface area contributed by atoms with Gasteiger partial charge in [-0.1, -0.05) is 45.0 Å².